The smallest absolute Gasteiger partial charge is 0.342 e. The van der Waals surface area contributed by atoms with Crippen LogP contribution in [0.5, 0.6) is 5.75 Å². The summed E-state index contributed by atoms with van der Waals surface area (Å²) >= 11 is 0. The van der Waals surface area contributed by atoms with Gasteiger partial charge in [0.1, 0.15) is 11.3 Å². The molecule has 138 valence electrons. The topological polar surface area (TPSA) is 64.6 Å². The summed E-state index contributed by atoms with van der Waals surface area (Å²) in [4.78, 5) is 24.6. The molecule has 0 aliphatic heterocycles. The molecule has 0 bridgehead atoms. The molecular formula is C21H25NO4. The molecule has 2 aromatic carbocycles. The summed E-state index contributed by atoms with van der Waals surface area (Å²) in [5.41, 5.74) is 2.36. The fraction of sp³-hybridized carbons (Fsp3) is 0.333. The number of amides is 1. The van der Waals surface area contributed by atoms with Gasteiger partial charge < -0.3 is 14.8 Å². The van der Waals surface area contributed by atoms with Crippen LogP contribution in [-0.2, 0) is 9.53 Å². The zero-order valence-corrected chi connectivity index (χ0v) is 15.6. The summed E-state index contributed by atoms with van der Waals surface area (Å²) in [6.07, 6.45) is -0.893. The zero-order valence-electron chi connectivity index (χ0n) is 15.6. The van der Waals surface area contributed by atoms with Gasteiger partial charge in [-0.05, 0) is 37.5 Å². The number of hydrogen-bond donors (Lipinski definition) is 1. The minimum atomic E-state index is -0.893. The Hall–Kier alpha value is -2.82. The molecule has 0 radical (unpaired) electrons. The first-order valence-electron chi connectivity index (χ1n) is 8.60. The van der Waals surface area contributed by atoms with Crippen molar-refractivity contribution in [3.63, 3.8) is 0 Å². The van der Waals surface area contributed by atoms with Crippen molar-refractivity contribution in [2.24, 2.45) is 0 Å². The van der Waals surface area contributed by atoms with E-state index in [-0.39, 0.29) is 11.8 Å². The summed E-state index contributed by atoms with van der Waals surface area (Å²) in [5.74, 6) is -0.317. The number of aryl methyl sites for hydroxylation is 1. The van der Waals surface area contributed by atoms with Crippen LogP contribution in [0.1, 0.15) is 41.3 Å². The van der Waals surface area contributed by atoms with Crippen molar-refractivity contribution in [3.8, 4) is 5.75 Å². The number of benzene rings is 2. The van der Waals surface area contributed by atoms with E-state index in [0.29, 0.717) is 17.9 Å². The van der Waals surface area contributed by atoms with Gasteiger partial charge in [-0.3, -0.25) is 4.79 Å². The third kappa shape index (κ3) is 5.09. The Morgan fingerprint density at radius 1 is 1.08 bits per heavy atom. The van der Waals surface area contributed by atoms with E-state index in [0.717, 1.165) is 11.1 Å². The Bertz CT molecular complexity index is 758. The Kier molecular flexibility index (Phi) is 6.78. The van der Waals surface area contributed by atoms with Crippen molar-refractivity contribution in [3.05, 3.63) is 65.2 Å². The quantitative estimate of drug-likeness (QED) is 0.773. The van der Waals surface area contributed by atoms with Crippen LogP contribution in [0.4, 0.5) is 0 Å². The molecular weight excluding hydrogens is 330 g/mol. The van der Waals surface area contributed by atoms with E-state index in [4.69, 9.17) is 9.47 Å². The van der Waals surface area contributed by atoms with Crippen LogP contribution >= 0.6 is 0 Å². The molecule has 0 spiro atoms. The van der Waals surface area contributed by atoms with E-state index in [9.17, 15) is 9.59 Å². The maximum atomic E-state index is 12.4. The molecule has 0 aliphatic rings. The van der Waals surface area contributed by atoms with Crippen LogP contribution in [0.15, 0.2) is 48.5 Å². The van der Waals surface area contributed by atoms with Crippen LogP contribution in [0.3, 0.4) is 0 Å². The fourth-order valence-corrected chi connectivity index (χ4v) is 2.56. The Labute approximate surface area is 154 Å². The maximum absolute atomic E-state index is 12.4. The van der Waals surface area contributed by atoms with Crippen molar-refractivity contribution < 1.29 is 19.1 Å². The second kappa shape index (κ2) is 9.04. The van der Waals surface area contributed by atoms with Gasteiger partial charge in [0.15, 0.2) is 6.10 Å². The number of carbonyl (C=O) groups excluding carboxylic acids is 2. The Morgan fingerprint density at radius 3 is 2.42 bits per heavy atom. The Morgan fingerprint density at radius 2 is 1.77 bits per heavy atom. The fourth-order valence-electron chi connectivity index (χ4n) is 2.56. The second-order valence-electron chi connectivity index (χ2n) is 6.31. The highest BCUT2D eigenvalue weighted by molar-refractivity contribution is 5.94. The molecule has 5 nitrogen and oxygen atoms in total. The lowest BCUT2D eigenvalue weighted by Gasteiger charge is -2.17. The number of nitrogens with one attached hydrogen (secondary N) is 1. The molecule has 1 N–H and O–H groups in total. The van der Waals surface area contributed by atoms with Crippen molar-refractivity contribution >= 4 is 11.9 Å². The molecule has 0 heterocycles. The van der Waals surface area contributed by atoms with E-state index in [1.54, 1.807) is 19.1 Å². The average Bonchev–Trinajstić information content (AvgIpc) is 2.66. The van der Waals surface area contributed by atoms with Crippen molar-refractivity contribution in [2.45, 2.75) is 32.8 Å². The number of hydrogen-bond acceptors (Lipinski definition) is 4. The van der Waals surface area contributed by atoms with E-state index in [2.05, 4.69) is 5.32 Å². The molecule has 0 fully saturated rings. The summed E-state index contributed by atoms with van der Waals surface area (Å²) in [6, 6.07) is 15.2. The highest BCUT2D eigenvalue weighted by Gasteiger charge is 2.21. The highest BCUT2D eigenvalue weighted by atomic mass is 16.5. The molecule has 5 heteroatoms. The van der Waals surface area contributed by atoms with Crippen LogP contribution < -0.4 is 10.1 Å². The first kappa shape index (κ1) is 19.5. The molecule has 1 amide bonds. The van der Waals surface area contributed by atoms with Gasteiger partial charge in [0.05, 0.1) is 7.11 Å². The standard InChI is InChI=1S/C21H25NO4/c1-14-10-11-19(25-4)18(12-14)21(24)26-16(3)20(23)22-13-15(2)17-8-6-5-7-9-17/h5-12,15-16H,13H2,1-4H3,(H,22,23)/t15-,16+/m0/s1. The molecule has 0 saturated heterocycles. The van der Waals surface area contributed by atoms with Crippen LogP contribution in [0.25, 0.3) is 0 Å². The summed E-state index contributed by atoms with van der Waals surface area (Å²) in [7, 11) is 1.49. The van der Waals surface area contributed by atoms with Gasteiger partial charge in [0, 0.05) is 6.54 Å². The van der Waals surface area contributed by atoms with Gasteiger partial charge in [-0.2, -0.15) is 0 Å². The minimum Gasteiger partial charge on any atom is -0.496 e. The highest BCUT2D eigenvalue weighted by Crippen LogP contribution is 2.21. The van der Waals surface area contributed by atoms with Gasteiger partial charge in [-0.25, -0.2) is 4.79 Å². The third-order valence-electron chi connectivity index (χ3n) is 4.18. The molecule has 2 atom stereocenters. The van der Waals surface area contributed by atoms with Gasteiger partial charge in [0.2, 0.25) is 0 Å². The molecule has 2 aromatic rings. The zero-order chi connectivity index (χ0) is 19.1. The Balaban J connectivity index is 1.92. The molecule has 0 aromatic heterocycles. The van der Waals surface area contributed by atoms with Crippen molar-refractivity contribution in [1.82, 2.24) is 5.32 Å². The lowest BCUT2D eigenvalue weighted by molar-refractivity contribution is -0.129. The largest absolute Gasteiger partial charge is 0.496 e. The van der Waals surface area contributed by atoms with E-state index >= 15 is 0 Å². The molecule has 0 unspecified atom stereocenters. The average molecular weight is 355 g/mol. The molecule has 0 aliphatic carbocycles. The molecule has 26 heavy (non-hydrogen) atoms. The first-order chi connectivity index (χ1) is 12.4. The predicted octanol–water partition coefficient (Wildman–Crippen LogP) is 3.47. The molecule has 0 saturated carbocycles. The van der Waals surface area contributed by atoms with Crippen molar-refractivity contribution in [2.75, 3.05) is 13.7 Å². The van der Waals surface area contributed by atoms with Gasteiger partial charge in [0.25, 0.3) is 5.91 Å². The number of ether oxygens (including phenoxy) is 2. The minimum absolute atomic E-state index is 0.167. The van der Waals surface area contributed by atoms with Gasteiger partial charge in [-0.1, -0.05) is 48.9 Å². The van der Waals surface area contributed by atoms with E-state index < -0.39 is 12.1 Å². The van der Waals surface area contributed by atoms with Gasteiger partial charge in [-0.15, -0.1) is 0 Å². The number of esters is 1. The second-order valence-corrected chi connectivity index (χ2v) is 6.31. The van der Waals surface area contributed by atoms with Crippen LogP contribution in [0, 0.1) is 6.92 Å². The number of methoxy groups -OCH3 is 1. The summed E-state index contributed by atoms with van der Waals surface area (Å²) < 4.78 is 10.5. The maximum Gasteiger partial charge on any atom is 0.342 e. The SMILES string of the molecule is COc1ccc(C)cc1C(=O)O[C@H](C)C(=O)NC[C@H](C)c1ccccc1. The normalized spacial score (nSPS) is 12.8. The van der Waals surface area contributed by atoms with Crippen LogP contribution in [-0.4, -0.2) is 31.6 Å². The predicted molar refractivity (Wildman–Crippen MR) is 100 cm³/mol. The number of carbonyl (C=O) groups is 2. The van der Waals surface area contributed by atoms with Crippen molar-refractivity contribution in [1.29, 1.82) is 0 Å². The number of rotatable bonds is 7. The van der Waals surface area contributed by atoms with Gasteiger partial charge >= 0.3 is 5.97 Å². The van der Waals surface area contributed by atoms with E-state index in [1.165, 1.54) is 7.11 Å². The third-order valence-corrected chi connectivity index (χ3v) is 4.18. The first-order valence-corrected chi connectivity index (χ1v) is 8.60. The summed E-state index contributed by atoms with van der Waals surface area (Å²) in [6.45, 7) is 5.93. The van der Waals surface area contributed by atoms with E-state index in [1.807, 2.05) is 50.2 Å². The lowest BCUT2D eigenvalue weighted by atomic mass is 10.0. The monoisotopic (exact) mass is 355 g/mol. The summed E-state index contributed by atoms with van der Waals surface area (Å²) in [5, 5.41) is 2.83. The molecule has 2 rings (SSSR count). The van der Waals surface area contributed by atoms with Crippen LogP contribution in [0.2, 0.25) is 0 Å². The lowest BCUT2D eigenvalue weighted by Crippen LogP contribution is -2.37.